The van der Waals surface area contributed by atoms with Gasteiger partial charge in [-0.05, 0) is 25.3 Å². The first kappa shape index (κ1) is 9.21. The van der Waals surface area contributed by atoms with Crippen molar-refractivity contribution in [3.8, 4) is 0 Å². The van der Waals surface area contributed by atoms with Crippen LogP contribution in [0.3, 0.4) is 0 Å². The highest BCUT2D eigenvalue weighted by Crippen LogP contribution is 2.34. The molecular weight excluding hydrogens is 182 g/mol. The molecular formula is C9H13N3O2. The highest BCUT2D eigenvalue weighted by Gasteiger charge is 2.43. The topological polar surface area (TPSA) is 78.0 Å². The Hall–Kier alpha value is -1.36. The second kappa shape index (κ2) is 3.09. The standard InChI is InChI=1S/C9H13N3O2/c1-6-4-10-12-7(6)8(14)11-9(5-13)2-3-9/h4,13H,2-3,5H2,1H3,(H,10,12)(H,11,14). The van der Waals surface area contributed by atoms with E-state index in [0.29, 0.717) is 5.69 Å². The molecule has 2 rings (SSSR count). The van der Waals surface area contributed by atoms with Gasteiger partial charge in [-0.2, -0.15) is 5.10 Å². The molecule has 0 bridgehead atoms. The molecule has 1 aromatic rings. The SMILES string of the molecule is Cc1cn[nH]c1C(=O)NC1(CO)CC1. The van der Waals surface area contributed by atoms with Crippen molar-refractivity contribution in [3.05, 3.63) is 17.5 Å². The van der Waals surface area contributed by atoms with E-state index in [1.54, 1.807) is 6.20 Å². The van der Waals surface area contributed by atoms with Gasteiger partial charge in [-0.1, -0.05) is 0 Å². The lowest BCUT2D eigenvalue weighted by atomic mass is 10.2. The molecule has 0 atom stereocenters. The predicted octanol–water partition coefficient (Wildman–Crippen LogP) is -0.0272. The number of aryl methyl sites for hydroxylation is 1. The van der Waals surface area contributed by atoms with Crippen molar-refractivity contribution in [3.63, 3.8) is 0 Å². The van der Waals surface area contributed by atoms with E-state index in [1.807, 2.05) is 6.92 Å². The fourth-order valence-electron chi connectivity index (χ4n) is 1.35. The van der Waals surface area contributed by atoms with Gasteiger partial charge in [-0.25, -0.2) is 0 Å². The largest absolute Gasteiger partial charge is 0.394 e. The van der Waals surface area contributed by atoms with Gasteiger partial charge in [0.25, 0.3) is 5.91 Å². The molecule has 1 aliphatic carbocycles. The van der Waals surface area contributed by atoms with Crippen molar-refractivity contribution in [1.82, 2.24) is 15.5 Å². The summed E-state index contributed by atoms with van der Waals surface area (Å²) in [4.78, 5) is 11.6. The second-order valence-corrected chi connectivity index (χ2v) is 3.82. The molecule has 1 fully saturated rings. The summed E-state index contributed by atoms with van der Waals surface area (Å²) in [6, 6.07) is 0. The van der Waals surface area contributed by atoms with Crippen molar-refractivity contribution >= 4 is 5.91 Å². The summed E-state index contributed by atoms with van der Waals surface area (Å²) in [5.74, 6) is -0.188. The number of rotatable bonds is 3. The van der Waals surface area contributed by atoms with E-state index in [1.165, 1.54) is 0 Å². The molecule has 0 spiro atoms. The summed E-state index contributed by atoms with van der Waals surface area (Å²) in [6.45, 7) is 1.82. The van der Waals surface area contributed by atoms with Gasteiger partial charge in [-0.3, -0.25) is 9.89 Å². The lowest BCUT2D eigenvalue weighted by Gasteiger charge is -2.13. The smallest absolute Gasteiger partial charge is 0.270 e. The Morgan fingerprint density at radius 1 is 1.79 bits per heavy atom. The minimum absolute atomic E-state index is 0.00588. The molecule has 1 saturated carbocycles. The van der Waals surface area contributed by atoms with Crippen molar-refractivity contribution in [2.24, 2.45) is 0 Å². The van der Waals surface area contributed by atoms with Crippen LogP contribution in [0.2, 0.25) is 0 Å². The first-order chi connectivity index (χ1) is 6.67. The normalized spacial score (nSPS) is 17.9. The molecule has 5 heteroatoms. The number of nitrogens with one attached hydrogen (secondary N) is 2. The van der Waals surface area contributed by atoms with E-state index in [4.69, 9.17) is 5.11 Å². The fourth-order valence-corrected chi connectivity index (χ4v) is 1.35. The third kappa shape index (κ3) is 1.50. The van der Waals surface area contributed by atoms with E-state index in [9.17, 15) is 4.79 Å². The minimum Gasteiger partial charge on any atom is -0.394 e. The van der Waals surface area contributed by atoms with Crippen LogP contribution in [0.15, 0.2) is 6.20 Å². The summed E-state index contributed by atoms with van der Waals surface area (Å²) in [5.41, 5.74) is 0.926. The molecule has 1 aliphatic rings. The van der Waals surface area contributed by atoms with Crippen LogP contribution < -0.4 is 5.32 Å². The fraction of sp³-hybridized carbons (Fsp3) is 0.556. The maximum atomic E-state index is 11.6. The molecule has 0 aliphatic heterocycles. The third-order valence-electron chi connectivity index (χ3n) is 2.59. The number of aliphatic hydroxyl groups excluding tert-OH is 1. The van der Waals surface area contributed by atoms with Gasteiger partial charge in [0.2, 0.25) is 0 Å². The molecule has 1 amide bonds. The van der Waals surface area contributed by atoms with Crippen LogP contribution in [0.5, 0.6) is 0 Å². The van der Waals surface area contributed by atoms with E-state index >= 15 is 0 Å². The molecule has 0 unspecified atom stereocenters. The Morgan fingerprint density at radius 2 is 2.50 bits per heavy atom. The highest BCUT2D eigenvalue weighted by atomic mass is 16.3. The highest BCUT2D eigenvalue weighted by molar-refractivity contribution is 5.94. The number of carbonyl (C=O) groups excluding carboxylic acids is 1. The predicted molar refractivity (Wildman–Crippen MR) is 49.8 cm³/mol. The van der Waals surface area contributed by atoms with Crippen LogP contribution in [0.1, 0.15) is 28.9 Å². The summed E-state index contributed by atoms with van der Waals surface area (Å²) in [6.07, 6.45) is 3.30. The number of aliphatic hydroxyl groups is 1. The number of aromatic nitrogens is 2. The van der Waals surface area contributed by atoms with Crippen LogP contribution in [-0.2, 0) is 0 Å². The summed E-state index contributed by atoms with van der Waals surface area (Å²) >= 11 is 0. The van der Waals surface area contributed by atoms with Gasteiger partial charge < -0.3 is 10.4 Å². The monoisotopic (exact) mass is 195 g/mol. The quantitative estimate of drug-likeness (QED) is 0.634. The molecule has 3 N–H and O–H groups in total. The molecule has 1 aromatic heterocycles. The number of hydrogen-bond donors (Lipinski definition) is 3. The van der Waals surface area contributed by atoms with Gasteiger partial charge in [0.15, 0.2) is 0 Å². The number of nitrogens with zero attached hydrogens (tertiary/aromatic N) is 1. The Balaban J connectivity index is 2.07. The van der Waals surface area contributed by atoms with Gasteiger partial charge in [0.1, 0.15) is 5.69 Å². The number of H-pyrrole nitrogens is 1. The maximum Gasteiger partial charge on any atom is 0.270 e. The zero-order valence-corrected chi connectivity index (χ0v) is 8.00. The van der Waals surface area contributed by atoms with Gasteiger partial charge in [0.05, 0.1) is 18.3 Å². The van der Waals surface area contributed by atoms with Crippen molar-refractivity contribution in [1.29, 1.82) is 0 Å². The van der Waals surface area contributed by atoms with E-state index in [0.717, 1.165) is 18.4 Å². The number of aromatic amines is 1. The summed E-state index contributed by atoms with van der Waals surface area (Å²) in [7, 11) is 0. The first-order valence-corrected chi connectivity index (χ1v) is 4.60. The second-order valence-electron chi connectivity index (χ2n) is 3.82. The zero-order valence-electron chi connectivity index (χ0n) is 8.00. The number of carbonyl (C=O) groups is 1. The van der Waals surface area contributed by atoms with Crippen molar-refractivity contribution in [2.45, 2.75) is 25.3 Å². The lowest BCUT2D eigenvalue weighted by Crippen LogP contribution is -2.40. The molecule has 14 heavy (non-hydrogen) atoms. The van der Waals surface area contributed by atoms with Crippen molar-refractivity contribution in [2.75, 3.05) is 6.61 Å². The molecule has 5 nitrogen and oxygen atoms in total. The number of hydrogen-bond acceptors (Lipinski definition) is 3. The van der Waals surface area contributed by atoms with Gasteiger partial charge >= 0.3 is 0 Å². The molecule has 0 aromatic carbocycles. The molecule has 1 heterocycles. The van der Waals surface area contributed by atoms with Crippen molar-refractivity contribution < 1.29 is 9.90 Å². The maximum absolute atomic E-state index is 11.6. The average Bonchev–Trinajstić information content (AvgIpc) is 2.80. The van der Waals surface area contributed by atoms with Crippen LogP contribution in [0.4, 0.5) is 0 Å². The summed E-state index contributed by atoms with van der Waals surface area (Å²) in [5, 5.41) is 18.2. The van der Waals surface area contributed by atoms with Gasteiger partial charge in [-0.15, -0.1) is 0 Å². The summed E-state index contributed by atoms with van der Waals surface area (Å²) < 4.78 is 0. The Morgan fingerprint density at radius 3 is 2.93 bits per heavy atom. The minimum atomic E-state index is -0.366. The van der Waals surface area contributed by atoms with Crippen LogP contribution in [-0.4, -0.2) is 33.4 Å². The lowest BCUT2D eigenvalue weighted by molar-refractivity contribution is 0.0901. The van der Waals surface area contributed by atoms with E-state index < -0.39 is 0 Å². The third-order valence-corrected chi connectivity index (χ3v) is 2.59. The zero-order chi connectivity index (χ0) is 10.2. The van der Waals surface area contributed by atoms with Crippen LogP contribution >= 0.6 is 0 Å². The Labute approximate surface area is 81.5 Å². The Kier molecular flexibility index (Phi) is 2.03. The molecule has 76 valence electrons. The first-order valence-electron chi connectivity index (χ1n) is 4.60. The van der Waals surface area contributed by atoms with E-state index in [-0.39, 0.29) is 18.1 Å². The van der Waals surface area contributed by atoms with Gasteiger partial charge in [0, 0.05) is 0 Å². The van der Waals surface area contributed by atoms with Crippen LogP contribution in [0.25, 0.3) is 0 Å². The van der Waals surface area contributed by atoms with Crippen LogP contribution in [0, 0.1) is 6.92 Å². The average molecular weight is 195 g/mol. The molecule has 0 radical (unpaired) electrons. The molecule has 0 saturated heterocycles. The Bertz CT molecular complexity index is 355. The number of amides is 1. The van der Waals surface area contributed by atoms with E-state index in [2.05, 4.69) is 15.5 Å².